The summed E-state index contributed by atoms with van der Waals surface area (Å²) >= 11 is 0. The number of hydrogen-bond acceptors (Lipinski definition) is 5. The van der Waals surface area contributed by atoms with Gasteiger partial charge in [0.15, 0.2) is 11.5 Å². The number of halogens is 3. The Labute approximate surface area is 177 Å². The van der Waals surface area contributed by atoms with Crippen molar-refractivity contribution in [3.63, 3.8) is 0 Å². The van der Waals surface area contributed by atoms with Crippen LogP contribution in [0, 0.1) is 5.92 Å². The zero-order chi connectivity index (χ0) is 22.8. The SMILES string of the molecule is CCOC(=O)CN1C(=O)[C@H](C(F)(F)F)[C@@H](c2ccccc2)c2cc(OC)c(OC)cc21. The highest BCUT2D eigenvalue weighted by Gasteiger charge is 2.55. The van der Waals surface area contributed by atoms with E-state index in [2.05, 4.69) is 0 Å². The van der Waals surface area contributed by atoms with E-state index < -0.39 is 36.4 Å². The Balaban J connectivity index is 2.28. The monoisotopic (exact) mass is 437 g/mol. The summed E-state index contributed by atoms with van der Waals surface area (Å²) in [5.41, 5.74) is 0.669. The second kappa shape index (κ2) is 8.87. The van der Waals surface area contributed by atoms with Gasteiger partial charge in [0.2, 0.25) is 5.91 Å². The molecule has 31 heavy (non-hydrogen) atoms. The lowest BCUT2D eigenvalue weighted by Gasteiger charge is -2.40. The number of anilines is 1. The molecule has 6 nitrogen and oxygen atoms in total. The van der Waals surface area contributed by atoms with E-state index in [1.165, 1.54) is 38.5 Å². The van der Waals surface area contributed by atoms with Crippen LogP contribution in [-0.2, 0) is 14.3 Å². The number of amides is 1. The van der Waals surface area contributed by atoms with Crippen molar-refractivity contribution in [3.8, 4) is 11.5 Å². The largest absolute Gasteiger partial charge is 0.493 e. The lowest BCUT2D eigenvalue weighted by atomic mass is 9.75. The summed E-state index contributed by atoms with van der Waals surface area (Å²) in [6.45, 7) is 0.958. The molecule has 2 atom stereocenters. The fourth-order valence-corrected chi connectivity index (χ4v) is 3.84. The summed E-state index contributed by atoms with van der Waals surface area (Å²) < 4.78 is 58.0. The third-order valence-corrected chi connectivity index (χ3v) is 5.13. The lowest BCUT2D eigenvalue weighted by molar-refractivity contribution is -0.185. The van der Waals surface area contributed by atoms with Crippen LogP contribution in [0.2, 0.25) is 0 Å². The minimum Gasteiger partial charge on any atom is -0.493 e. The van der Waals surface area contributed by atoms with Crippen LogP contribution in [0.1, 0.15) is 24.0 Å². The molecule has 0 fully saturated rings. The Morgan fingerprint density at radius 2 is 1.68 bits per heavy atom. The van der Waals surface area contributed by atoms with Crippen molar-refractivity contribution in [3.05, 3.63) is 53.6 Å². The quantitative estimate of drug-likeness (QED) is 0.641. The van der Waals surface area contributed by atoms with Gasteiger partial charge < -0.3 is 19.1 Å². The average Bonchev–Trinajstić information content (AvgIpc) is 2.74. The molecule has 1 heterocycles. The van der Waals surface area contributed by atoms with Crippen LogP contribution >= 0.6 is 0 Å². The maximum absolute atomic E-state index is 14.2. The van der Waals surface area contributed by atoms with Gasteiger partial charge in [0, 0.05) is 12.0 Å². The minimum absolute atomic E-state index is 0.0367. The molecule has 3 rings (SSSR count). The highest BCUT2D eigenvalue weighted by molar-refractivity contribution is 6.03. The smallest absolute Gasteiger partial charge is 0.401 e. The topological polar surface area (TPSA) is 65.1 Å². The molecule has 0 saturated heterocycles. The van der Waals surface area contributed by atoms with Gasteiger partial charge in [-0.2, -0.15) is 13.2 Å². The first-order valence-electron chi connectivity index (χ1n) is 9.57. The van der Waals surface area contributed by atoms with Crippen molar-refractivity contribution in [2.45, 2.75) is 19.0 Å². The molecule has 2 aromatic rings. The van der Waals surface area contributed by atoms with Gasteiger partial charge in [-0.1, -0.05) is 30.3 Å². The predicted octanol–water partition coefficient (Wildman–Crippen LogP) is 3.92. The molecule has 0 aromatic heterocycles. The highest BCUT2D eigenvalue weighted by atomic mass is 19.4. The van der Waals surface area contributed by atoms with Crippen LogP contribution in [0.15, 0.2) is 42.5 Å². The highest BCUT2D eigenvalue weighted by Crippen LogP contribution is 2.51. The Morgan fingerprint density at radius 3 is 2.23 bits per heavy atom. The van der Waals surface area contributed by atoms with Gasteiger partial charge in [-0.05, 0) is 24.1 Å². The summed E-state index contributed by atoms with van der Waals surface area (Å²) in [6, 6.07) is 10.8. The van der Waals surface area contributed by atoms with Crippen LogP contribution in [0.3, 0.4) is 0 Å². The minimum atomic E-state index is -4.85. The van der Waals surface area contributed by atoms with E-state index >= 15 is 0 Å². The standard InChI is InChI=1S/C22H22F3NO5/c1-4-31-18(27)12-26-15-11-17(30-3)16(29-2)10-14(15)19(13-8-6-5-7-9-13)20(21(26)28)22(23,24)25/h5-11,19-20H,4,12H2,1-3H3/t19-,20+/m0/s1. The number of nitrogens with zero attached hydrogens (tertiary/aromatic N) is 1. The number of carbonyl (C=O) groups is 2. The van der Waals surface area contributed by atoms with Crippen LogP contribution in [0.4, 0.5) is 18.9 Å². The lowest BCUT2D eigenvalue weighted by Crippen LogP contribution is -2.51. The van der Waals surface area contributed by atoms with Crippen LogP contribution in [0.25, 0.3) is 0 Å². The van der Waals surface area contributed by atoms with Crippen molar-refractivity contribution < 1.29 is 37.0 Å². The Bertz CT molecular complexity index is 962. The second-order valence-electron chi connectivity index (χ2n) is 6.90. The predicted molar refractivity (Wildman–Crippen MR) is 106 cm³/mol. The number of fused-ring (bicyclic) bond motifs is 1. The molecule has 0 saturated carbocycles. The van der Waals surface area contributed by atoms with Gasteiger partial charge in [0.25, 0.3) is 0 Å². The van der Waals surface area contributed by atoms with E-state index in [1.54, 1.807) is 25.1 Å². The first-order valence-corrected chi connectivity index (χ1v) is 9.57. The normalized spacial score (nSPS) is 18.4. The second-order valence-corrected chi connectivity index (χ2v) is 6.90. The Kier molecular flexibility index (Phi) is 6.42. The molecule has 0 radical (unpaired) electrons. The average molecular weight is 437 g/mol. The molecular weight excluding hydrogens is 415 g/mol. The molecule has 9 heteroatoms. The van der Waals surface area contributed by atoms with Crippen LogP contribution in [0.5, 0.6) is 11.5 Å². The molecule has 1 amide bonds. The number of alkyl halides is 3. The van der Waals surface area contributed by atoms with Gasteiger partial charge in [-0.25, -0.2) is 0 Å². The van der Waals surface area contributed by atoms with E-state index in [4.69, 9.17) is 14.2 Å². The van der Waals surface area contributed by atoms with E-state index in [-0.39, 0.29) is 29.4 Å². The molecule has 0 aliphatic carbocycles. The van der Waals surface area contributed by atoms with Gasteiger partial charge in [0.1, 0.15) is 12.5 Å². The Morgan fingerprint density at radius 1 is 1.06 bits per heavy atom. The molecule has 1 aliphatic rings. The Hall–Kier alpha value is -3.23. The van der Waals surface area contributed by atoms with Gasteiger partial charge in [0.05, 0.1) is 26.5 Å². The van der Waals surface area contributed by atoms with Gasteiger partial charge in [-0.15, -0.1) is 0 Å². The summed E-state index contributed by atoms with van der Waals surface area (Å²) in [6.07, 6.45) is -4.85. The number of ether oxygens (including phenoxy) is 3. The number of carbonyl (C=O) groups excluding carboxylic acids is 2. The zero-order valence-electron chi connectivity index (χ0n) is 17.2. The molecule has 2 aromatic carbocycles. The molecule has 1 aliphatic heterocycles. The first-order chi connectivity index (χ1) is 14.7. The van der Waals surface area contributed by atoms with Gasteiger partial charge >= 0.3 is 12.1 Å². The number of benzene rings is 2. The van der Waals surface area contributed by atoms with E-state index in [9.17, 15) is 22.8 Å². The summed E-state index contributed by atoms with van der Waals surface area (Å²) in [4.78, 5) is 26.0. The fourth-order valence-electron chi connectivity index (χ4n) is 3.84. The van der Waals surface area contributed by atoms with E-state index in [0.717, 1.165) is 4.90 Å². The first kappa shape index (κ1) is 22.5. The van der Waals surface area contributed by atoms with Crippen molar-refractivity contribution in [1.82, 2.24) is 0 Å². The van der Waals surface area contributed by atoms with Crippen LogP contribution in [-0.4, -0.2) is 45.4 Å². The third-order valence-electron chi connectivity index (χ3n) is 5.13. The molecular formula is C22H22F3NO5. The maximum Gasteiger partial charge on any atom is 0.401 e. The fraction of sp³-hybridized carbons (Fsp3) is 0.364. The molecule has 0 bridgehead atoms. The molecule has 0 unspecified atom stereocenters. The summed E-state index contributed by atoms with van der Waals surface area (Å²) in [5.74, 6) is -5.30. The van der Waals surface area contributed by atoms with Crippen molar-refractivity contribution in [2.24, 2.45) is 5.92 Å². The summed E-state index contributed by atoms with van der Waals surface area (Å²) in [5, 5.41) is 0. The summed E-state index contributed by atoms with van der Waals surface area (Å²) in [7, 11) is 2.74. The van der Waals surface area contributed by atoms with Gasteiger partial charge in [-0.3, -0.25) is 9.59 Å². The molecule has 166 valence electrons. The number of methoxy groups -OCH3 is 2. The van der Waals surface area contributed by atoms with Crippen molar-refractivity contribution in [1.29, 1.82) is 0 Å². The molecule has 0 N–H and O–H groups in total. The molecule has 0 spiro atoms. The third kappa shape index (κ3) is 4.30. The maximum atomic E-state index is 14.2. The van der Waals surface area contributed by atoms with Crippen molar-refractivity contribution >= 4 is 17.6 Å². The number of esters is 1. The number of hydrogen-bond donors (Lipinski definition) is 0. The van der Waals surface area contributed by atoms with Crippen LogP contribution < -0.4 is 14.4 Å². The number of rotatable bonds is 6. The zero-order valence-corrected chi connectivity index (χ0v) is 17.2. The van der Waals surface area contributed by atoms with E-state index in [1.807, 2.05) is 0 Å². The van der Waals surface area contributed by atoms with Crippen molar-refractivity contribution in [2.75, 3.05) is 32.3 Å². The van der Waals surface area contributed by atoms with E-state index in [0.29, 0.717) is 5.56 Å².